The van der Waals surface area contributed by atoms with Crippen LogP contribution in [0.5, 0.6) is 0 Å². The maximum absolute atomic E-state index is 11.8. The molecule has 0 saturated carbocycles. The Hall–Kier alpha value is -0.640. The third-order valence-electron chi connectivity index (χ3n) is 1.24. The summed E-state index contributed by atoms with van der Waals surface area (Å²) in [6, 6.07) is -0.925. The Kier molecular flexibility index (Phi) is 3.95. The number of aliphatic carboxylic acids is 1. The normalized spacial score (nSPS) is 16.3. The van der Waals surface area contributed by atoms with E-state index in [-0.39, 0.29) is 12.3 Å². The van der Waals surface area contributed by atoms with E-state index in [0.29, 0.717) is 0 Å². The molecule has 4 heteroatoms. The van der Waals surface area contributed by atoms with Crippen LogP contribution in [0, 0.1) is 5.92 Å². The number of nitrogens with two attached hydrogens (primary N) is 1. The van der Waals surface area contributed by atoms with E-state index in [0.717, 1.165) is 0 Å². The van der Waals surface area contributed by atoms with Gasteiger partial charge in [0.25, 0.3) is 0 Å². The van der Waals surface area contributed by atoms with Gasteiger partial charge in [0.05, 0.1) is 6.67 Å². The number of hydrogen-bond donors (Lipinski definition) is 2. The van der Waals surface area contributed by atoms with Crippen molar-refractivity contribution in [2.75, 3.05) is 6.67 Å². The van der Waals surface area contributed by atoms with Crippen molar-refractivity contribution in [1.82, 2.24) is 0 Å². The van der Waals surface area contributed by atoms with Gasteiger partial charge < -0.3 is 10.8 Å². The van der Waals surface area contributed by atoms with E-state index in [2.05, 4.69) is 0 Å². The Morgan fingerprint density at radius 2 is 2.30 bits per heavy atom. The summed E-state index contributed by atoms with van der Waals surface area (Å²) in [5.74, 6) is -1.33. The molecule has 0 aliphatic carbocycles. The highest BCUT2D eigenvalue weighted by Gasteiger charge is 2.14. The number of hydrogen-bond acceptors (Lipinski definition) is 2. The zero-order chi connectivity index (χ0) is 8.15. The predicted molar refractivity (Wildman–Crippen MR) is 35.4 cm³/mol. The van der Waals surface area contributed by atoms with Gasteiger partial charge in [0.15, 0.2) is 0 Å². The van der Waals surface area contributed by atoms with Crippen LogP contribution in [-0.4, -0.2) is 23.8 Å². The molecular weight excluding hydrogens is 137 g/mol. The summed E-state index contributed by atoms with van der Waals surface area (Å²) in [5, 5.41) is 8.28. The van der Waals surface area contributed by atoms with Gasteiger partial charge in [0.1, 0.15) is 6.04 Å². The second-order valence-electron chi connectivity index (χ2n) is 2.44. The Morgan fingerprint density at radius 3 is 2.60 bits per heavy atom. The highest BCUT2D eigenvalue weighted by Crippen LogP contribution is 2.04. The average Bonchev–Trinajstić information content (AvgIpc) is 1.87. The Labute approximate surface area is 59.0 Å². The number of rotatable bonds is 4. The molecule has 0 rings (SSSR count). The molecule has 0 amide bonds. The number of alkyl halides is 1. The van der Waals surface area contributed by atoms with Gasteiger partial charge in [0, 0.05) is 0 Å². The van der Waals surface area contributed by atoms with Crippen LogP contribution in [0.15, 0.2) is 0 Å². The maximum atomic E-state index is 11.8. The van der Waals surface area contributed by atoms with Crippen LogP contribution < -0.4 is 5.73 Å². The molecule has 0 spiro atoms. The van der Waals surface area contributed by atoms with Crippen LogP contribution in [0.3, 0.4) is 0 Å². The van der Waals surface area contributed by atoms with Gasteiger partial charge in [-0.2, -0.15) is 0 Å². The molecule has 0 aromatic rings. The van der Waals surface area contributed by atoms with Crippen LogP contribution in [0.25, 0.3) is 0 Å². The summed E-state index contributed by atoms with van der Waals surface area (Å²) >= 11 is 0. The van der Waals surface area contributed by atoms with Crippen molar-refractivity contribution < 1.29 is 14.3 Å². The minimum Gasteiger partial charge on any atom is -0.480 e. The first kappa shape index (κ1) is 9.36. The van der Waals surface area contributed by atoms with E-state index in [4.69, 9.17) is 10.8 Å². The third kappa shape index (κ3) is 3.40. The van der Waals surface area contributed by atoms with Gasteiger partial charge >= 0.3 is 5.97 Å². The second-order valence-corrected chi connectivity index (χ2v) is 2.44. The van der Waals surface area contributed by atoms with E-state index in [1.807, 2.05) is 0 Å². The van der Waals surface area contributed by atoms with E-state index in [1.54, 1.807) is 6.92 Å². The lowest BCUT2D eigenvalue weighted by Crippen LogP contribution is -2.32. The van der Waals surface area contributed by atoms with Crippen molar-refractivity contribution in [3.05, 3.63) is 0 Å². The molecule has 2 atom stereocenters. The zero-order valence-electron chi connectivity index (χ0n) is 5.88. The van der Waals surface area contributed by atoms with Gasteiger partial charge in [-0.05, 0) is 12.3 Å². The summed E-state index contributed by atoms with van der Waals surface area (Å²) in [5.41, 5.74) is 5.13. The van der Waals surface area contributed by atoms with Crippen LogP contribution in [0.1, 0.15) is 13.3 Å². The Morgan fingerprint density at radius 1 is 1.80 bits per heavy atom. The monoisotopic (exact) mass is 149 g/mol. The molecule has 0 radical (unpaired) electrons. The summed E-state index contributed by atoms with van der Waals surface area (Å²) in [7, 11) is 0. The van der Waals surface area contributed by atoms with E-state index >= 15 is 0 Å². The predicted octanol–water partition coefficient (Wildman–Crippen LogP) is 0.394. The molecule has 0 aromatic carbocycles. The standard InChI is InChI=1S/C6H12FNO2/c1-4(3-7)2-5(8)6(9)10/h4-5H,2-3,8H2,1H3,(H,9,10)/t4-,5-/m0/s1. The number of carbonyl (C=O) groups is 1. The Balaban J connectivity index is 3.56. The van der Waals surface area contributed by atoms with E-state index in [1.165, 1.54) is 0 Å². The maximum Gasteiger partial charge on any atom is 0.320 e. The largest absolute Gasteiger partial charge is 0.480 e. The molecule has 3 nitrogen and oxygen atoms in total. The third-order valence-corrected chi connectivity index (χ3v) is 1.24. The van der Waals surface area contributed by atoms with Crippen LogP contribution in [0.2, 0.25) is 0 Å². The van der Waals surface area contributed by atoms with Gasteiger partial charge in [-0.1, -0.05) is 6.92 Å². The molecule has 0 bridgehead atoms. The van der Waals surface area contributed by atoms with Gasteiger partial charge in [-0.25, -0.2) is 0 Å². The topological polar surface area (TPSA) is 63.3 Å². The van der Waals surface area contributed by atoms with Gasteiger partial charge in [-0.3, -0.25) is 9.18 Å². The molecule has 0 fully saturated rings. The molecule has 60 valence electrons. The summed E-state index contributed by atoms with van der Waals surface area (Å²) in [6.07, 6.45) is 0.200. The highest BCUT2D eigenvalue weighted by atomic mass is 19.1. The van der Waals surface area contributed by atoms with Crippen molar-refractivity contribution in [2.45, 2.75) is 19.4 Å². The molecule has 3 N–H and O–H groups in total. The van der Waals surface area contributed by atoms with Crippen molar-refractivity contribution >= 4 is 5.97 Å². The van der Waals surface area contributed by atoms with Gasteiger partial charge in [0.2, 0.25) is 0 Å². The fourth-order valence-electron chi connectivity index (χ4n) is 0.597. The first-order valence-electron chi connectivity index (χ1n) is 3.12. The SMILES string of the molecule is C[C@H](CF)C[C@H](N)C(=O)O. The fraction of sp³-hybridized carbons (Fsp3) is 0.833. The van der Waals surface area contributed by atoms with Crippen LogP contribution in [0.4, 0.5) is 4.39 Å². The smallest absolute Gasteiger partial charge is 0.320 e. The summed E-state index contributed by atoms with van der Waals surface area (Å²) in [4.78, 5) is 10.1. The summed E-state index contributed by atoms with van der Waals surface area (Å²) < 4.78 is 11.8. The first-order chi connectivity index (χ1) is 4.57. The minimum atomic E-state index is -1.07. The Bertz CT molecular complexity index is 118. The number of halogens is 1. The van der Waals surface area contributed by atoms with Crippen molar-refractivity contribution in [2.24, 2.45) is 11.7 Å². The fourth-order valence-corrected chi connectivity index (χ4v) is 0.597. The zero-order valence-corrected chi connectivity index (χ0v) is 5.88. The molecule has 0 aliphatic rings. The molecular formula is C6H12FNO2. The lowest BCUT2D eigenvalue weighted by molar-refractivity contribution is -0.138. The van der Waals surface area contributed by atoms with Crippen LogP contribution in [-0.2, 0) is 4.79 Å². The second kappa shape index (κ2) is 4.22. The van der Waals surface area contributed by atoms with Crippen molar-refractivity contribution in [3.8, 4) is 0 Å². The lowest BCUT2D eigenvalue weighted by Gasteiger charge is -2.09. The first-order valence-corrected chi connectivity index (χ1v) is 3.12. The number of carboxylic acid groups (broad SMARTS) is 1. The average molecular weight is 149 g/mol. The molecule has 0 unspecified atom stereocenters. The molecule has 0 heterocycles. The molecule has 0 aromatic heterocycles. The van der Waals surface area contributed by atoms with Crippen molar-refractivity contribution in [1.29, 1.82) is 0 Å². The van der Waals surface area contributed by atoms with E-state index < -0.39 is 18.7 Å². The quantitative estimate of drug-likeness (QED) is 0.608. The number of carboxylic acids is 1. The van der Waals surface area contributed by atoms with Crippen LogP contribution >= 0.6 is 0 Å². The minimum absolute atomic E-state index is 0.200. The van der Waals surface area contributed by atoms with Gasteiger partial charge in [-0.15, -0.1) is 0 Å². The van der Waals surface area contributed by atoms with E-state index in [9.17, 15) is 9.18 Å². The van der Waals surface area contributed by atoms with Crippen molar-refractivity contribution in [3.63, 3.8) is 0 Å². The highest BCUT2D eigenvalue weighted by molar-refractivity contribution is 5.72. The lowest BCUT2D eigenvalue weighted by atomic mass is 10.0. The molecule has 0 saturated heterocycles. The molecule has 10 heavy (non-hydrogen) atoms. The molecule has 0 aliphatic heterocycles. The summed E-state index contributed by atoms with van der Waals surface area (Å²) in [6.45, 7) is 1.11.